The van der Waals surface area contributed by atoms with Gasteiger partial charge in [0.2, 0.25) is 0 Å². The van der Waals surface area contributed by atoms with E-state index in [0.29, 0.717) is 18.8 Å². The molecule has 0 atom stereocenters. The predicted molar refractivity (Wildman–Crippen MR) is 108 cm³/mol. The molecular weight excluding hydrogens is 340 g/mol. The molecule has 1 heterocycles. The molecule has 3 rings (SSSR count). The van der Waals surface area contributed by atoms with Gasteiger partial charge in [-0.1, -0.05) is 13.0 Å². The van der Waals surface area contributed by atoms with E-state index in [1.807, 2.05) is 57.2 Å². The molecule has 1 N–H and O–H groups in total. The van der Waals surface area contributed by atoms with Crippen LogP contribution in [0.5, 0.6) is 5.75 Å². The van der Waals surface area contributed by atoms with E-state index in [2.05, 4.69) is 10.3 Å². The van der Waals surface area contributed by atoms with E-state index in [-0.39, 0.29) is 5.97 Å². The van der Waals surface area contributed by atoms with Gasteiger partial charge < -0.3 is 14.8 Å². The van der Waals surface area contributed by atoms with Crippen LogP contribution < -0.4 is 10.1 Å². The number of rotatable bonds is 7. The highest BCUT2D eigenvalue weighted by Gasteiger charge is 2.10. The number of ether oxygens (including phenoxy) is 2. The lowest BCUT2D eigenvalue weighted by Gasteiger charge is -2.13. The van der Waals surface area contributed by atoms with Crippen LogP contribution in [-0.2, 0) is 4.74 Å². The molecule has 0 amide bonds. The van der Waals surface area contributed by atoms with Gasteiger partial charge in [-0.2, -0.15) is 0 Å². The first-order valence-corrected chi connectivity index (χ1v) is 9.19. The molecule has 0 aliphatic carbocycles. The van der Waals surface area contributed by atoms with E-state index in [4.69, 9.17) is 9.47 Å². The van der Waals surface area contributed by atoms with E-state index in [1.165, 1.54) is 0 Å². The van der Waals surface area contributed by atoms with Crippen LogP contribution in [0, 0.1) is 6.92 Å². The largest absolute Gasteiger partial charge is 0.494 e. The lowest BCUT2D eigenvalue weighted by atomic mass is 10.1. The van der Waals surface area contributed by atoms with Crippen molar-refractivity contribution < 1.29 is 14.3 Å². The lowest BCUT2D eigenvalue weighted by Crippen LogP contribution is -2.06. The van der Waals surface area contributed by atoms with Gasteiger partial charge in [0.25, 0.3) is 0 Å². The van der Waals surface area contributed by atoms with Gasteiger partial charge in [-0.3, -0.25) is 4.98 Å². The third-order valence-corrected chi connectivity index (χ3v) is 4.03. The molecule has 0 saturated carbocycles. The van der Waals surface area contributed by atoms with Crippen molar-refractivity contribution in [2.45, 2.75) is 27.2 Å². The average Bonchev–Trinajstić information content (AvgIpc) is 2.67. The number of benzene rings is 2. The fourth-order valence-electron chi connectivity index (χ4n) is 2.85. The van der Waals surface area contributed by atoms with Gasteiger partial charge in [-0.05, 0) is 62.7 Å². The monoisotopic (exact) mass is 364 g/mol. The number of carbonyl (C=O) groups excluding carboxylic acids is 1. The molecule has 0 bridgehead atoms. The quantitative estimate of drug-likeness (QED) is 0.580. The average molecular weight is 364 g/mol. The minimum Gasteiger partial charge on any atom is -0.494 e. The molecule has 0 saturated heterocycles. The van der Waals surface area contributed by atoms with Crippen molar-refractivity contribution in [3.63, 3.8) is 0 Å². The molecule has 0 aliphatic heterocycles. The number of nitrogens with zero attached hydrogens (tertiary/aromatic N) is 1. The van der Waals surface area contributed by atoms with Crippen LogP contribution in [0.3, 0.4) is 0 Å². The summed E-state index contributed by atoms with van der Waals surface area (Å²) >= 11 is 0. The number of hydrogen-bond donors (Lipinski definition) is 1. The van der Waals surface area contributed by atoms with Gasteiger partial charge in [0, 0.05) is 22.5 Å². The Morgan fingerprint density at radius 2 is 1.96 bits per heavy atom. The normalized spacial score (nSPS) is 10.6. The van der Waals surface area contributed by atoms with Crippen molar-refractivity contribution >= 4 is 28.2 Å². The fraction of sp³-hybridized carbons (Fsp3) is 0.273. The van der Waals surface area contributed by atoms with Crippen LogP contribution >= 0.6 is 0 Å². The van der Waals surface area contributed by atoms with Crippen LogP contribution in [-0.4, -0.2) is 24.2 Å². The van der Waals surface area contributed by atoms with E-state index in [1.54, 1.807) is 12.1 Å². The summed E-state index contributed by atoms with van der Waals surface area (Å²) in [5.41, 5.74) is 4.05. The molecule has 1 aromatic heterocycles. The highest BCUT2D eigenvalue weighted by atomic mass is 16.5. The molecule has 0 aliphatic rings. The summed E-state index contributed by atoms with van der Waals surface area (Å²) in [6, 6.07) is 15.2. The van der Waals surface area contributed by atoms with Gasteiger partial charge in [0.15, 0.2) is 0 Å². The number of anilines is 2. The van der Waals surface area contributed by atoms with Gasteiger partial charge in [0.05, 0.1) is 24.3 Å². The maximum Gasteiger partial charge on any atom is 0.338 e. The first-order chi connectivity index (χ1) is 13.1. The standard InChI is InChI=1S/C22H24N2O3/c1-4-11-27-22(25)16-7-6-8-17(13-16)24-21-12-15(3)23-20-10-9-18(26-5-2)14-19(20)21/h6-10,12-14H,4-5,11H2,1-3H3,(H,23,24). The van der Waals surface area contributed by atoms with Crippen LogP contribution in [0.1, 0.15) is 36.3 Å². The summed E-state index contributed by atoms with van der Waals surface area (Å²) < 4.78 is 10.8. The van der Waals surface area contributed by atoms with Crippen LogP contribution in [0.4, 0.5) is 11.4 Å². The number of esters is 1. The third-order valence-electron chi connectivity index (χ3n) is 4.03. The summed E-state index contributed by atoms with van der Waals surface area (Å²) in [4.78, 5) is 16.7. The minimum absolute atomic E-state index is 0.310. The van der Waals surface area contributed by atoms with Crippen molar-refractivity contribution in [2.75, 3.05) is 18.5 Å². The van der Waals surface area contributed by atoms with Gasteiger partial charge >= 0.3 is 5.97 Å². The Morgan fingerprint density at radius 3 is 2.74 bits per heavy atom. The molecule has 5 heteroatoms. The van der Waals surface area contributed by atoms with Crippen molar-refractivity contribution in [1.29, 1.82) is 0 Å². The van der Waals surface area contributed by atoms with E-state index < -0.39 is 0 Å². The van der Waals surface area contributed by atoms with Gasteiger partial charge in [-0.15, -0.1) is 0 Å². The van der Waals surface area contributed by atoms with E-state index in [9.17, 15) is 4.79 Å². The summed E-state index contributed by atoms with van der Waals surface area (Å²) in [5, 5.41) is 4.37. The third kappa shape index (κ3) is 4.56. The lowest BCUT2D eigenvalue weighted by molar-refractivity contribution is 0.0505. The zero-order valence-electron chi connectivity index (χ0n) is 15.9. The van der Waals surface area contributed by atoms with Crippen molar-refractivity contribution in [3.8, 4) is 5.75 Å². The number of pyridine rings is 1. The fourth-order valence-corrected chi connectivity index (χ4v) is 2.85. The van der Waals surface area contributed by atoms with E-state index >= 15 is 0 Å². The zero-order chi connectivity index (χ0) is 19.2. The molecule has 2 aromatic carbocycles. The van der Waals surface area contributed by atoms with Gasteiger partial charge in [0.1, 0.15) is 5.75 Å². The number of hydrogen-bond acceptors (Lipinski definition) is 5. The Hall–Kier alpha value is -3.08. The Bertz CT molecular complexity index is 953. The topological polar surface area (TPSA) is 60.5 Å². The van der Waals surface area contributed by atoms with Crippen molar-refractivity contribution in [2.24, 2.45) is 0 Å². The van der Waals surface area contributed by atoms with Crippen LogP contribution in [0.15, 0.2) is 48.5 Å². The van der Waals surface area contributed by atoms with Crippen molar-refractivity contribution in [1.82, 2.24) is 4.98 Å². The molecule has 27 heavy (non-hydrogen) atoms. The highest BCUT2D eigenvalue weighted by Crippen LogP contribution is 2.30. The second-order valence-corrected chi connectivity index (χ2v) is 6.26. The smallest absolute Gasteiger partial charge is 0.338 e. The molecule has 3 aromatic rings. The van der Waals surface area contributed by atoms with E-state index in [0.717, 1.165) is 40.1 Å². The SMILES string of the molecule is CCCOC(=O)c1cccc(Nc2cc(C)nc3ccc(OCC)cc23)c1. The van der Waals surface area contributed by atoms with Gasteiger partial charge in [-0.25, -0.2) is 4.79 Å². The number of carbonyl (C=O) groups is 1. The number of aryl methyl sites for hydroxylation is 1. The maximum atomic E-state index is 12.1. The molecular formula is C22H24N2O3. The summed E-state index contributed by atoms with van der Waals surface area (Å²) in [6.07, 6.45) is 0.800. The second kappa shape index (κ2) is 8.54. The minimum atomic E-state index is -0.310. The molecule has 0 unspecified atom stereocenters. The summed E-state index contributed by atoms with van der Waals surface area (Å²) in [6.45, 7) is 6.92. The number of nitrogens with one attached hydrogen (secondary N) is 1. The number of fused-ring (bicyclic) bond motifs is 1. The Labute approximate surface area is 159 Å². The molecule has 0 fully saturated rings. The molecule has 140 valence electrons. The second-order valence-electron chi connectivity index (χ2n) is 6.26. The zero-order valence-corrected chi connectivity index (χ0v) is 15.9. The predicted octanol–water partition coefficient (Wildman–Crippen LogP) is 5.25. The summed E-state index contributed by atoms with van der Waals surface area (Å²) in [5.74, 6) is 0.491. The Balaban J connectivity index is 1.94. The first-order valence-electron chi connectivity index (χ1n) is 9.19. The van der Waals surface area contributed by atoms with Crippen LogP contribution in [0.2, 0.25) is 0 Å². The first kappa shape index (κ1) is 18.7. The molecule has 0 radical (unpaired) electrons. The maximum absolute atomic E-state index is 12.1. The molecule has 5 nitrogen and oxygen atoms in total. The molecule has 0 spiro atoms. The van der Waals surface area contributed by atoms with Crippen LogP contribution in [0.25, 0.3) is 10.9 Å². The summed E-state index contributed by atoms with van der Waals surface area (Å²) in [7, 11) is 0. The highest BCUT2D eigenvalue weighted by molar-refractivity contribution is 5.95. The number of aromatic nitrogens is 1. The van der Waals surface area contributed by atoms with Crippen molar-refractivity contribution in [3.05, 3.63) is 59.8 Å². The Kier molecular flexibility index (Phi) is 5.91. The Morgan fingerprint density at radius 1 is 1.11 bits per heavy atom.